The Labute approximate surface area is 131 Å². The Morgan fingerprint density at radius 2 is 2.00 bits per heavy atom. The van der Waals surface area contributed by atoms with Gasteiger partial charge in [-0.25, -0.2) is 0 Å². The number of alkyl halides is 2. The molecular weight excluding hydrogens is 312 g/mol. The van der Waals surface area contributed by atoms with Crippen LogP contribution in [0.2, 0.25) is 0 Å². The van der Waals surface area contributed by atoms with E-state index >= 15 is 0 Å². The van der Waals surface area contributed by atoms with Gasteiger partial charge in [-0.1, -0.05) is 17.3 Å². The van der Waals surface area contributed by atoms with Crippen LogP contribution in [0.5, 0.6) is 0 Å². The molecule has 2 rings (SSSR count). The lowest BCUT2D eigenvalue weighted by atomic mass is 10.3. The van der Waals surface area contributed by atoms with Gasteiger partial charge in [-0.15, -0.1) is 0 Å². The van der Waals surface area contributed by atoms with Gasteiger partial charge in [0.05, 0.1) is 5.71 Å². The third-order valence-electron chi connectivity index (χ3n) is 2.83. The summed E-state index contributed by atoms with van der Waals surface area (Å²) < 4.78 is 24.4. The molecule has 0 fully saturated rings. The van der Waals surface area contributed by atoms with Gasteiger partial charge in [-0.3, -0.25) is 5.43 Å². The number of thioether (sulfide) groups is 1. The Morgan fingerprint density at radius 1 is 1.29 bits per heavy atom. The minimum Gasteiger partial charge on any atom is -0.331 e. The second kappa shape index (κ2) is 7.51. The highest BCUT2D eigenvalue weighted by Gasteiger charge is 2.07. The van der Waals surface area contributed by atoms with Crippen molar-refractivity contribution in [1.29, 1.82) is 0 Å². The van der Waals surface area contributed by atoms with Gasteiger partial charge in [0.15, 0.2) is 5.11 Å². The molecule has 0 unspecified atom stereocenters. The molecule has 0 saturated heterocycles. The summed E-state index contributed by atoms with van der Waals surface area (Å²) in [5.74, 6) is -2.41. The first-order valence-corrected chi connectivity index (χ1v) is 7.67. The third kappa shape index (κ3) is 5.43. The van der Waals surface area contributed by atoms with E-state index in [1.165, 1.54) is 5.57 Å². The number of nitrogens with one attached hydrogen (secondary N) is 2. The van der Waals surface area contributed by atoms with Crippen LogP contribution < -0.4 is 10.7 Å². The lowest BCUT2D eigenvalue weighted by molar-refractivity contribution is 0.252. The number of anilines is 1. The van der Waals surface area contributed by atoms with E-state index < -0.39 is 5.76 Å². The van der Waals surface area contributed by atoms with Crippen LogP contribution in [-0.4, -0.2) is 16.6 Å². The topological polar surface area (TPSA) is 36.4 Å². The Balaban J connectivity index is 1.85. The van der Waals surface area contributed by atoms with E-state index in [1.807, 2.05) is 6.08 Å². The molecule has 0 radical (unpaired) electrons. The molecule has 0 saturated carbocycles. The van der Waals surface area contributed by atoms with Crippen LogP contribution in [0.4, 0.5) is 14.5 Å². The van der Waals surface area contributed by atoms with Gasteiger partial charge >= 0.3 is 0 Å². The third-order valence-corrected chi connectivity index (χ3v) is 3.74. The van der Waals surface area contributed by atoms with Crippen LogP contribution in [0.1, 0.15) is 19.8 Å². The number of benzene rings is 1. The molecule has 1 aromatic rings. The van der Waals surface area contributed by atoms with Gasteiger partial charge in [0.1, 0.15) is 0 Å². The van der Waals surface area contributed by atoms with E-state index in [9.17, 15) is 8.78 Å². The number of allylic oxidation sites excluding steroid dienone is 2. The van der Waals surface area contributed by atoms with Gasteiger partial charge in [0, 0.05) is 10.6 Å². The molecule has 0 bridgehead atoms. The zero-order chi connectivity index (χ0) is 15.2. The fraction of sp³-hybridized carbons (Fsp3) is 0.286. The van der Waals surface area contributed by atoms with Gasteiger partial charge < -0.3 is 5.32 Å². The lowest BCUT2D eigenvalue weighted by Gasteiger charge is -2.08. The molecule has 1 aliphatic rings. The average Bonchev–Trinajstić information content (AvgIpc) is 2.84. The lowest BCUT2D eigenvalue weighted by Crippen LogP contribution is -2.24. The molecule has 0 aromatic heterocycles. The Bertz CT molecular complexity index is 568. The van der Waals surface area contributed by atoms with Crippen LogP contribution in [0.15, 0.2) is 45.9 Å². The summed E-state index contributed by atoms with van der Waals surface area (Å²) in [6.07, 6.45) is 3.98. The second-order valence-electron chi connectivity index (χ2n) is 4.56. The molecule has 0 spiro atoms. The number of hydrogen-bond donors (Lipinski definition) is 2. The number of rotatable bonds is 4. The Kier molecular flexibility index (Phi) is 5.69. The maximum atomic E-state index is 12.2. The quantitative estimate of drug-likeness (QED) is 0.489. The largest absolute Gasteiger partial charge is 0.331 e. The minimum atomic E-state index is -2.41. The van der Waals surface area contributed by atoms with Gasteiger partial charge in [0.2, 0.25) is 0 Å². The Morgan fingerprint density at radius 3 is 2.57 bits per heavy atom. The molecule has 0 heterocycles. The summed E-state index contributed by atoms with van der Waals surface area (Å²) in [5.41, 5.74) is 5.78. The molecule has 1 aromatic carbocycles. The highest BCUT2D eigenvalue weighted by atomic mass is 32.2. The summed E-state index contributed by atoms with van der Waals surface area (Å²) in [5, 5.41) is 7.53. The normalized spacial score (nSPS) is 16.2. The summed E-state index contributed by atoms with van der Waals surface area (Å²) in [4.78, 5) is 0.515. The molecule has 3 nitrogen and oxygen atoms in total. The second-order valence-corrected chi connectivity index (χ2v) is 6.03. The average molecular weight is 327 g/mol. The first-order chi connectivity index (χ1) is 10.0. The van der Waals surface area contributed by atoms with Gasteiger partial charge in [0.25, 0.3) is 5.76 Å². The highest BCUT2D eigenvalue weighted by molar-refractivity contribution is 7.99. The van der Waals surface area contributed by atoms with Crippen molar-refractivity contribution in [3.8, 4) is 0 Å². The number of hydrazone groups is 1. The van der Waals surface area contributed by atoms with Crippen molar-refractivity contribution in [3.05, 3.63) is 35.9 Å². The molecule has 1 aliphatic carbocycles. The molecule has 0 aliphatic heterocycles. The number of halogens is 2. The van der Waals surface area contributed by atoms with Crippen LogP contribution in [0, 0.1) is 0 Å². The number of nitrogens with zero attached hydrogens (tertiary/aromatic N) is 1. The summed E-state index contributed by atoms with van der Waals surface area (Å²) in [6, 6.07) is 6.64. The molecule has 112 valence electrons. The molecule has 0 atom stereocenters. The van der Waals surface area contributed by atoms with Crippen LogP contribution in [-0.2, 0) is 0 Å². The first-order valence-electron chi connectivity index (χ1n) is 6.38. The van der Waals surface area contributed by atoms with Crippen molar-refractivity contribution in [2.24, 2.45) is 5.10 Å². The van der Waals surface area contributed by atoms with Gasteiger partial charge in [-0.2, -0.15) is 13.9 Å². The fourth-order valence-corrected chi connectivity index (χ4v) is 2.51. The van der Waals surface area contributed by atoms with E-state index in [1.54, 1.807) is 24.3 Å². The van der Waals surface area contributed by atoms with Crippen molar-refractivity contribution in [2.45, 2.75) is 30.4 Å². The molecule has 0 amide bonds. The summed E-state index contributed by atoms with van der Waals surface area (Å²) in [6.45, 7) is 2.07. The molecule has 7 heteroatoms. The van der Waals surface area contributed by atoms with Crippen molar-refractivity contribution in [1.82, 2.24) is 5.43 Å². The van der Waals surface area contributed by atoms with E-state index in [0.717, 1.165) is 24.2 Å². The zero-order valence-corrected chi connectivity index (χ0v) is 13.0. The van der Waals surface area contributed by atoms with Crippen molar-refractivity contribution in [3.63, 3.8) is 0 Å². The van der Waals surface area contributed by atoms with Crippen molar-refractivity contribution >= 4 is 40.5 Å². The van der Waals surface area contributed by atoms with Crippen LogP contribution in [0.3, 0.4) is 0 Å². The predicted octanol–water partition coefficient (Wildman–Crippen LogP) is 4.38. The maximum Gasteiger partial charge on any atom is 0.288 e. The van der Waals surface area contributed by atoms with E-state index in [2.05, 4.69) is 22.8 Å². The molecule has 21 heavy (non-hydrogen) atoms. The SMILES string of the molecule is CC1=C/C(=N/NC(=S)Nc2ccc(SC(F)F)cc2)CC1. The van der Waals surface area contributed by atoms with E-state index in [0.29, 0.717) is 21.8 Å². The van der Waals surface area contributed by atoms with Crippen molar-refractivity contribution < 1.29 is 8.78 Å². The Hall–Kier alpha value is -1.47. The monoisotopic (exact) mass is 327 g/mol. The highest BCUT2D eigenvalue weighted by Crippen LogP contribution is 2.26. The summed E-state index contributed by atoms with van der Waals surface area (Å²) >= 11 is 5.64. The first kappa shape index (κ1) is 15.9. The number of hydrogen-bond acceptors (Lipinski definition) is 3. The standard InChI is InChI=1S/C14H15F2N3S2/c1-9-2-3-11(8-9)18-19-14(20)17-10-4-6-12(7-5-10)21-13(15)16/h4-8,13H,2-3H2,1H3,(H2,17,19,20)/b18-11+. The van der Waals surface area contributed by atoms with Gasteiger partial charge in [-0.05, 0) is 62.3 Å². The molecule has 2 N–H and O–H groups in total. The van der Waals surface area contributed by atoms with Crippen LogP contribution in [0.25, 0.3) is 0 Å². The molecular formula is C14H15F2N3S2. The van der Waals surface area contributed by atoms with E-state index in [4.69, 9.17) is 12.2 Å². The summed E-state index contributed by atoms with van der Waals surface area (Å²) in [7, 11) is 0. The predicted molar refractivity (Wildman–Crippen MR) is 88.1 cm³/mol. The zero-order valence-electron chi connectivity index (χ0n) is 11.4. The number of thiocarbonyl (C=S) groups is 1. The van der Waals surface area contributed by atoms with Crippen molar-refractivity contribution in [2.75, 3.05) is 5.32 Å². The van der Waals surface area contributed by atoms with Crippen LogP contribution >= 0.6 is 24.0 Å². The maximum absolute atomic E-state index is 12.2. The minimum absolute atomic E-state index is 0.370. The fourth-order valence-electron chi connectivity index (χ4n) is 1.84. The smallest absolute Gasteiger partial charge is 0.288 e. The van der Waals surface area contributed by atoms with E-state index in [-0.39, 0.29) is 0 Å².